The van der Waals surface area contributed by atoms with Crippen LogP contribution in [-0.2, 0) is 17.8 Å². The van der Waals surface area contributed by atoms with Crippen molar-refractivity contribution in [2.24, 2.45) is 0 Å². The number of pyridine rings is 1. The minimum absolute atomic E-state index is 0.0180. The molecule has 1 fully saturated rings. The quantitative estimate of drug-likeness (QED) is 0.841. The molecule has 1 unspecified atom stereocenters. The summed E-state index contributed by atoms with van der Waals surface area (Å²) in [6.45, 7) is 4.30. The first kappa shape index (κ1) is 17.6. The molecule has 1 aromatic carbocycles. The van der Waals surface area contributed by atoms with E-state index in [2.05, 4.69) is 52.7 Å². The third-order valence-electron chi connectivity index (χ3n) is 4.81. The summed E-state index contributed by atoms with van der Waals surface area (Å²) in [5.41, 5.74) is 3.48. The Kier molecular flexibility index (Phi) is 6.18. The van der Waals surface area contributed by atoms with Crippen molar-refractivity contribution in [3.8, 4) is 0 Å². The fourth-order valence-corrected chi connectivity index (χ4v) is 3.56. The number of aryl methyl sites for hydroxylation is 1. The lowest BCUT2D eigenvalue weighted by Gasteiger charge is -2.24. The molecule has 1 amide bonds. The van der Waals surface area contributed by atoms with E-state index < -0.39 is 0 Å². The summed E-state index contributed by atoms with van der Waals surface area (Å²) in [5.74, 6) is -0.0180. The van der Waals surface area contributed by atoms with Crippen LogP contribution in [0.4, 0.5) is 0 Å². The zero-order valence-electron chi connectivity index (χ0n) is 14.9. The van der Waals surface area contributed by atoms with Crippen molar-refractivity contribution in [3.05, 3.63) is 65.5 Å². The van der Waals surface area contributed by atoms with Gasteiger partial charge in [0.1, 0.15) is 0 Å². The third-order valence-corrected chi connectivity index (χ3v) is 4.81. The molecule has 2 heterocycles. The van der Waals surface area contributed by atoms with Crippen LogP contribution in [0, 0.1) is 0 Å². The molecule has 0 bridgehead atoms. The van der Waals surface area contributed by atoms with Crippen molar-refractivity contribution < 1.29 is 4.79 Å². The van der Waals surface area contributed by atoms with Gasteiger partial charge in [0.25, 0.3) is 0 Å². The summed E-state index contributed by atoms with van der Waals surface area (Å²) >= 11 is 0. The predicted octanol–water partition coefficient (Wildman–Crippen LogP) is 3.49. The number of likely N-dealkylation sites (tertiary alicyclic amines) is 1. The number of aromatic nitrogens is 1. The molecule has 1 atom stereocenters. The van der Waals surface area contributed by atoms with Crippen LogP contribution < -0.4 is 5.32 Å². The monoisotopic (exact) mass is 337 g/mol. The lowest BCUT2D eigenvalue weighted by molar-refractivity contribution is -0.119. The van der Waals surface area contributed by atoms with E-state index in [9.17, 15) is 4.79 Å². The van der Waals surface area contributed by atoms with Crippen molar-refractivity contribution in [1.82, 2.24) is 15.2 Å². The van der Waals surface area contributed by atoms with Gasteiger partial charge in [0.15, 0.2) is 0 Å². The van der Waals surface area contributed by atoms with E-state index in [-0.39, 0.29) is 5.91 Å². The summed E-state index contributed by atoms with van der Waals surface area (Å²) in [6.07, 6.45) is 4.70. The Hall–Kier alpha value is -2.20. The lowest BCUT2D eigenvalue weighted by atomic mass is 10.1. The highest BCUT2D eigenvalue weighted by atomic mass is 16.1. The molecule has 25 heavy (non-hydrogen) atoms. The van der Waals surface area contributed by atoms with Crippen LogP contribution in [0.3, 0.4) is 0 Å². The van der Waals surface area contributed by atoms with Crippen LogP contribution in [0.5, 0.6) is 0 Å². The average molecular weight is 337 g/mol. The molecule has 1 aromatic heterocycles. The van der Waals surface area contributed by atoms with Crippen molar-refractivity contribution >= 4 is 5.91 Å². The van der Waals surface area contributed by atoms with E-state index in [0.717, 1.165) is 30.9 Å². The molecule has 0 saturated carbocycles. The number of amides is 1. The highest BCUT2D eigenvalue weighted by Crippen LogP contribution is 2.31. The SMILES string of the molecule is CC(=O)NCc1cccc(C2CCCN2CCCc2ccccc2)n1. The molecule has 1 aliphatic heterocycles. The largest absolute Gasteiger partial charge is 0.351 e. The topological polar surface area (TPSA) is 45.2 Å². The number of benzene rings is 1. The highest BCUT2D eigenvalue weighted by molar-refractivity contribution is 5.72. The number of hydrogen-bond donors (Lipinski definition) is 1. The van der Waals surface area contributed by atoms with Crippen LogP contribution >= 0.6 is 0 Å². The molecule has 4 heteroatoms. The zero-order valence-corrected chi connectivity index (χ0v) is 14.9. The van der Waals surface area contributed by atoms with E-state index in [1.165, 1.54) is 31.7 Å². The molecule has 3 rings (SSSR count). The van der Waals surface area contributed by atoms with Gasteiger partial charge in [-0.1, -0.05) is 36.4 Å². The van der Waals surface area contributed by atoms with Crippen LogP contribution in [-0.4, -0.2) is 28.9 Å². The molecule has 1 N–H and O–H groups in total. The van der Waals surface area contributed by atoms with Gasteiger partial charge >= 0.3 is 0 Å². The third kappa shape index (κ3) is 5.13. The van der Waals surface area contributed by atoms with E-state index in [4.69, 9.17) is 4.98 Å². The second-order valence-electron chi connectivity index (χ2n) is 6.75. The zero-order chi connectivity index (χ0) is 17.5. The molecule has 1 aliphatic rings. The fraction of sp³-hybridized carbons (Fsp3) is 0.429. The molecule has 2 aromatic rings. The second kappa shape index (κ2) is 8.77. The Morgan fingerprint density at radius 2 is 2.04 bits per heavy atom. The normalized spacial score (nSPS) is 17.6. The van der Waals surface area contributed by atoms with Crippen LogP contribution in [0.15, 0.2) is 48.5 Å². The van der Waals surface area contributed by atoms with E-state index in [1.54, 1.807) is 0 Å². The number of nitrogens with one attached hydrogen (secondary N) is 1. The Labute approximate surface area is 150 Å². The van der Waals surface area contributed by atoms with Gasteiger partial charge < -0.3 is 5.32 Å². The maximum absolute atomic E-state index is 11.1. The maximum Gasteiger partial charge on any atom is 0.217 e. The summed E-state index contributed by atoms with van der Waals surface area (Å²) in [7, 11) is 0. The van der Waals surface area contributed by atoms with Gasteiger partial charge in [0, 0.05) is 6.92 Å². The number of rotatable bonds is 7. The van der Waals surface area contributed by atoms with Gasteiger partial charge in [-0.15, -0.1) is 0 Å². The Morgan fingerprint density at radius 3 is 2.84 bits per heavy atom. The first-order chi connectivity index (χ1) is 12.2. The smallest absolute Gasteiger partial charge is 0.217 e. The van der Waals surface area contributed by atoms with Crippen molar-refractivity contribution in [3.63, 3.8) is 0 Å². The number of carbonyl (C=O) groups excluding carboxylic acids is 1. The molecule has 0 aliphatic carbocycles. The Balaban J connectivity index is 1.57. The lowest BCUT2D eigenvalue weighted by Crippen LogP contribution is -2.26. The summed E-state index contributed by atoms with van der Waals surface area (Å²) in [4.78, 5) is 18.4. The van der Waals surface area contributed by atoms with Crippen molar-refractivity contribution in [2.75, 3.05) is 13.1 Å². The summed E-state index contributed by atoms with van der Waals surface area (Å²) in [6, 6.07) is 17.3. The van der Waals surface area contributed by atoms with Gasteiger partial charge in [-0.2, -0.15) is 0 Å². The minimum atomic E-state index is -0.0180. The molecular formula is C21H27N3O. The first-order valence-corrected chi connectivity index (χ1v) is 9.20. The molecule has 0 spiro atoms. The minimum Gasteiger partial charge on any atom is -0.351 e. The molecule has 1 saturated heterocycles. The van der Waals surface area contributed by atoms with E-state index >= 15 is 0 Å². The van der Waals surface area contributed by atoms with E-state index in [1.807, 2.05) is 6.07 Å². The standard InChI is InChI=1S/C21H27N3O/c1-17(25)22-16-19-11-5-12-20(23-19)21-13-7-15-24(21)14-6-10-18-8-3-2-4-9-18/h2-5,8-9,11-12,21H,6-7,10,13-16H2,1H3,(H,22,25). The first-order valence-electron chi connectivity index (χ1n) is 9.20. The van der Waals surface area contributed by atoms with Crippen LogP contribution in [0.1, 0.15) is 49.2 Å². The second-order valence-corrected chi connectivity index (χ2v) is 6.75. The number of carbonyl (C=O) groups is 1. The summed E-state index contributed by atoms with van der Waals surface area (Å²) < 4.78 is 0. The number of nitrogens with zero attached hydrogens (tertiary/aromatic N) is 2. The predicted molar refractivity (Wildman–Crippen MR) is 100 cm³/mol. The average Bonchev–Trinajstić information content (AvgIpc) is 3.10. The van der Waals surface area contributed by atoms with Crippen molar-refractivity contribution in [2.45, 2.75) is 45.2 Å². The maximum atomic E-state index is 11.1. The highest BCUT2D eigenvalue weighted by Gasteiger charge is 2.26. The number of hydrogen-bond acceptors (Lipinski definition) is 3. The van der Waals surface area contributed by atoms with Crippen molar-refractivity contribution in [1.29, 1.82) is 0 Å². The van der Waals surface area contributed by atoms with Crippen LogP contribution in [0.25, 0.3) is 0 Å². The van der Waals surface area contributed by atoms with Gasteiger partial charge in [0.05, 0.1) is 24.0 Å². The van der Waals surface area contributed by atoms with Gasteiger partial charge in [-0.25, -0.2) is 0 Å². The molecule has 4 nitrogen and oxygen atoms in total. The van der Waals surface area contributed by atoms with Gasteiger partial charge in [-0.05, 0) is 56.5 Å². The Morgan fingerprint density at radius 1 is 1.20 bits per heavy atom. The van der Waals surface area contributed by atoms with Gasteiger partial charge in [-0.3, -0.25) is 14.7 Å². The molecular weight excluding hydrogens is 310 g/mol. The fourth-order valence-electron chi connectivity index (χ4n) is 3.56. The summed E-state index contributed by atoms with van der Waals surface area (Å²) in [5, 5.41) is 2.83. The molecule has 132 valence electrons. The molecule has 0 radical (unpaired) electrons. The Bertz CT molecular complexity index is 687. The van der Waals surface area contributed by atoms with E-state index in [0.29, 0.717) is 12.6 Å². The van der Waals surface area contributed by atoms with Crippen LogP contribution in [0.2, 0.25) is 0 Å². The van der Waals surface area contributed by atoms with Gasteiger partial charge in [0.2, 0.25) is 5.91 Å².